The summed E-state index contributed by atoms with van der Waals surface area (Å²) in [6.45, 7) is 7.20. The highest BCUT2D eigenvalue weighted by Gasteiger charge is 2.57. The number of benzene rings is 1. The van der Waals surface area contributed by atoms with Crippen LogP contribution in [0.15, 0.2) is 47.1 Å². The number of carbonyl (C=O) groups is 4. The normalized spacial score (nSPS) is 19.9. The minimum atomic E-state index is -5.25. The van der Waals surface area contributed by atoms with Crippen molar-refractivity contribution in [2.75, 3.05) is 25.4 Å². The van der Waals surface area contributed by atoms with Crippen molar-refractivity contribution in [3.05, 3.63) is 58.9 Å². The van der Waals surface area contributed by atoms with Crippen molar-refractivity contribution in [3.8, 4) is 16.9 Å². The van der Waals surface area contributed by atoms with Gasteiger partial charge in [0.25, 0.3) is 11.5 Å². The van der Waals surface area contributed by atoms with Gasteiger partial charge in [-0.3, -0.25) is 9.59 Å². The average molecular weight is 845 g/mol. The number of nitrogens with zero attached hydrogens (tertiary/aromatic N) is 4. The van der Waals surface area contributed by atoms with Gasteiger partial charge in [0.2, 0.25) is 10.4 Å². The van der Waals surface area contributed by atoms with Crippen molar-refractivity contribution in [2.45, 2.75) is 83.1 Å². The highest BCUT2D eigenvalue weighted by molar-refractivity contribution is 7.80. The number of nitrogens with one attached hydrogen (secondary N) is 1. The Morgan fingerprint density at radius 3 is 2.53 bits per heavy atom. The number of ether oxygens (including phenoxy) is 1. The number of ketones is 1. The number of nitrogen functional groups attached to an aromatic ring is 1. The van der Waals surface area contributed by atoms with Crippen molar-refractivity contribution in [1.82, 2.24) is 15.4 Å². The van der Waals surface area contributed by atoms with Crippen LogP contribution >= 0.6 is 11.3 Å². The number of rotatable bonds is 17. The summed E-state index contributed by atoms with van der Waals surface area (Å²) in [7, 11) is -5.25. The van der Waals surface area contributed by atoms with Gasteiger partial charge in [-0.2, -0.15) is 9.35 Å². The summed E-state index contributed by atoms with van der Waals surface area (Å²) in [5.41, 5.74) is 11.9. The van der Waals surface area contributed by atoms with E-state index in [1.54, 1.807) is 0 Å². The van der Waals surface area contributed by atoms with Crippen LogP contribution in [-0.2, 0) is 58.1 Å². The zero-order valence-corrected chi connectivity index (χ0v) is 33.8. The summed E-state index contributed by atoms with van der Waals surface area (Å²) in [6.07, 6.45) is 4.31. The molecule has 6 N–H and O–H groups in total. The van der Waals surface area contributed by atoms with E-state index >= 15 is 0 Å². The molecular formula is C37H46N7O12S2-. The second-order valence-corrected chi connectivity index (χ2v) is 16.7. The number of anilines is 1. The van der Waals surface area contributed by atoms with E-state index in [-0.39, 0.29) is 17.2 Å². The van der Waals surface area contributed by atoms with E-state index in [1.807, 2.05) is 18.2 Å². The van der Waals surface area contributed by atoms with Crippen LogP contribution in [0.2, 0.25) is 0 Å². The Hall–Kier alpha value is -5.06. The molecule has 0 bridgehead atoms. The Morgan fingerprint density at radius 1 is 1.24 bits per heavy atom. The number of carboxylic acids is 1. The van der Waals surface area contributed by atoms with Gasteiger partial charge in [-0.15, -0.1) is 11.3 Å². The molecule has 6 rings (SSSR count). The molecule has 58 heavy (non-hydrogen) atoms. The highest BCUT2D eigenvalue weighted by atomic mass is 32.3. The van der Waals surface area contributed by atoms with Crippen LogP contribution in [0.3, 0.4) is 0 Å². The van der Waals surface area contributed by atoms with Gasteiger partial charge in [-0.05, 0) is 82.3 Å². The number of hydrogen-bond donors (Lipinski definition) is 4. The maximum absolute atomic E-state index is 13.7. The first-order valence-corrected chi connectivity index (χ1v) is 20.7. The van der Waals surface area contributed by atoms with Crippen LogP contribution in [0.1, 0.15) is 63.4 Å². The summed E-state index contributed by atoms with van der Waals surface area (Å²) in [6, 6.07) is 10.1. The van der Waals surface area contributed by atoms with E-state index in [1.165, 1.54) is 31.8 Å². The molecule has 0 spiro atoms. The van der Waals surface area contributed by atoms with E-state index in [4.69, 9.17) is 30.9 Å². The number of β-lactam (4-membered cyclic amide) rings is 1. The fourth-order valence-corrected chi connectivity index (χ4v) is 7.96. The van der Waals surface area contributed by atoms with Gasteiger partial charge in [0.1, 0.15) is 11.4 Å². The zero-order chi connectivity index (χ0) is 42.4. The maximum Gasteiger partial charge on any atom is 0.354 e. The smallest absolute Gasteiger partial charge is 0.354 e. The Labute approximate surface area is 338 Å². The first-order chi connectivity index (χ1) is 27.4. The van der Waals surface area contributed by atoms with Crippen LogP contribution in [0.4, 0.5) is 5.13 Å². The third-order valence-electron chi connectivity index (χ3n) is 10.5. The molecule has 5 heterocycles. The third kappa shape index (κ3) is 9.96. The molecule has 2 aromatic heterocycles. The quantitative estimate of drug-likeness (QED) is 0.0205. The molecule has 0 radical (unpaired) electrons. The number of hydrogen-bond acceptors (Lipinski definition) is 17. The van der Waals surface area contributed by atoms with Crippen LogP contribution in [0, 0.1) is 11.8 Å². The lowest BCUT2D eigenvalue weighted by molar-refractivity contribution is -0.710. The van der Waals surface area contributed by atoms with Gasteiger partial charge in [0, 0.05) is 55.3 Å². The van der Waals surface area contributed by atoms with Gasteiger partial charge in [-0.1, -0.05) is 11.2 Å². The molecule has 21 heteroatoms. The van der Waals surface area contributed by atoms with E-state index in [2.05, 4.69) is 42.6 Å². The molecule has 1 aromatic carbocycles. The Kier molecular flexibility index (Phi) is 13.9. The lowest BCUT2D eigenvalue weighted by Gasteiger charge is -2.51. The van der Waals surface area contributed by atoms with Crippen molar-refractivity contribution >= 4 is 56.7 Å². The summed E-state index contributed by atoms with van der Waals surface area (Å²) in [5, 5.41) is 27.9. The number of carbonyl (C=O) groups excluding carboxylic acids is 3. The molecule has 314 valence electrons. The summed E-state index contributed by atoms with van der Waals surface area (Å²) in [4.78, 5) is 57.3. The molecule has 2 fully saturated rings. The summed E-state index contributed by atoms with van der Waals surface area (Å²) in [5.74, 6) is -3.12. The average Bonchev–Trinajstić information content (AvgIpc) is 3.59. The topological polar surface area (TPSA) is 293 Å². The first kappa shape index (κ1) is 44.1. The van der Waals surface area contributed by atoms with Crippen LogP contribution in [-0.4, -0.2) is 94.8 Å². The van der Waals surface area contributed by atoms with Crippen LogP contribution in [0.25, 0.3) is 11.1 Å². The number of amides is 1. The number of aryl methyl sites for hydroxylation is 2. The van der Waals surface area contributed by atoms with Gasteiger partial charge in [-0.25, -0.2) is 22.8 Å². The number of thiazole rings is 1. The predicted molar refractivity (Wildman–Crippen MR) is 204 cm³/mol. The van der Waals surface area contributed by atoms with Crippen LogP contribution < -0.4 is 31.2 Å². The summed E-state index contributed by atoms with van der Waals surface area (Å²) < 4.78 is 46.3. The van der Waals surface area contributed by atoms with Gasteiger partial charge in [0.15, 0.2) is 41.2 Å². The monoisotopic (exact) mass is 844 g/mol. The molecular weight excluding hydrogens is 799 g/mol. The molecule has 0 saturated carbocycles. The zero-order valence-electron chi connectivity index (χ0n) is 32.1. The molecule has 0 unspecified atom stereocenters. The molecule has 3 atom stereocenters. The maximum atomic E-state index is 13.7. The third-order valence-corrected chi connectivity index (χ3v) is 11.5. The van der Waals surface area contributed by atoms with Crippen molar-refractivity contribution in [3.63, 3.8) is 0 Å². The molecule has 3 aliphatic rings. The standard InChI is InChI=1S/C36H45N7O10S2.CH2O2/c1-35(2)26(32(45)43(35)53-55(48,49)50)15-28(44)31(27-20-54-34(38)40-27)41-52-36(3,33(46)47)30-12-9-23-14-22(8-11-29(23)51-30)24-7-10-25(6-4-5-13-37)42(19-24)18-21-16-39-17-21;2-1-3/h7-8,10-11,14,19-21,26,30,39H,4-6,9,12-13,15-18,37H2,1-3H3,(H3-,38,40,46,47,48,49,50);1H,(H,2,3)/p-1/b41-31-;/t26-,30-,36+;/m1./s1. The lowest BCUT2D eigenvalue weighted by atomic mass is 9.74. The minimum Gasteiger partial charge on any atom is -0.724 e. The number of pyridine rings is 1. The van der Waals surface area contributed by atoms with Crippen LogP contribution in [0.5, 0.6) is 5.75 Å². The van der Waals surface area contributed by atoms with E-state index < -0.39 is 69.8 Å². The van der Waals surface area contributed by atoms with Gasteiger partial charge < -0.3 is 45.9 Å². The van der Waals surface area contributed by atoms with Crippen molar-refractivity contribution in [2.24, 2.45) is 22.7 Å². The minimum absolute atomic E-state index is 0.0169. The number of Topliss-reactive ketones (excluding diaryl/α,β-unsaturated/α-hetero) is 1. The molecule has 0 aliphatic carbocycles. The van der Waals surface area contributed by atoms with Crippen molar-refractivity contribution in [1.29, 1.82) is 0 Å². The first-order valence-electron chi connectivity index (χ1n) is 18.4. The second-order valence-electron chi connectivity index (χ2n) is 14.9. The number of carboxylic acid groups (broad SMARTS) is 2. The number of aromatic nitrogens is 2. The fraction of sp³-hybridized carbons (Fsp3) is 0.486. The molecule has 3 aliphatic heterocycles. The number of hydroxylamine groups is 2. The number of unbranched alkanes of at least 4 members (excludes halogenated alkanes) is 1. The Morgan fingerprint density at radius 2 is 1.95 bits per heavy atom. The number of oxime groups is 1. The predicted octanol–water partition coefficient (Wildman–Crippen LogP) is 0.0925. The van der Waals surface area contributed by atoms with Gasteiger partial charge >= 0.3 is 5.97 Å². The number of fused-ring (bicyclic) bond motifs is 1. The van der Waals surface area contributed by atoms with E-state index in [0.717, 1.165) is 66.9 Å². The number of aliphatic carboxylic acids is 1. The summed E-state index contributed by atoms with van der Waals surface area (Å²) >= 11 is 0.999. The SMILES string of the molecule is CC1(C)[C@H](CC(=O)/C(=N\O[C@](C)(C(=O)O)[C@H]2CCc3cc(-c4ccc(CCCCN)[n+](CC5CNC5)c4)ccc3O2)c2csc(N)n2)C(=O)N1OS(=O)(=O)[O-].O=C[O-]. The largest absolute Gasteiger partial charge is 0.724 e. The Bertz CT molecular complexity index is 2160. The lowest BCUT2D eigenvalue weighted by Crippen LogP contribution is -2.68. The Balaban J connectivity index is 0.00000207. The highest BCUT2D eigenvalue weighted by Crippen LogP contribution is 2.41. The van der Waals surface area contributed by atoms with Gasteiger partial charge in [0.05, 0.1) is 11.5 Å². The molecule has 2 saturated heterocycles. The molecule has 19 nitrogen and oxygen atoms in total. The van der Waals surface area contributed by atoms with Crippen molar-refractivity contribution < 1.29 is 60.8 Å². The van der Waals surface area contributed by atoms with E-state index in [9.17, 15) is 32.5 Å². The molecule has 1 amide bonds. The fourth-order valence-electron chi connectivity index (χ4n) is 6.96. The second kappa shape index (κ2) is 18.2. The molecule has 3 aromatic rings. The number of nitrogens with two attached hydrogens (primary N) is 2. The van der Waals surface area contributed by atoms with E-state index in [0.29, 0.717) is 29.7 Å².